The first-order valence-electron chi connectivity index (χ1n) is 9.45. The van der Waals surface area contributed by atoms with Crippen LogP contribution in [0.25, 0.3) is 0 Å². The number of hydrogen-bond donors (Lipinski definition) is 1. The maximum atomic E-state index is 12.2. The topological polar surface area (TPSA) is 83.7 Å². The summed E-state index contributed by atoms with van der Waals surface area (Å²) in [5.74, 6) is 1.18. The Hall–Kier alpha value is -1.67. The summed E-state index contributed by atoms with van der Waals surface area (Å²) in [4.78, 5) is 20.9. The van der Waals surface area contributed by atoms with Gasteiger partial charge < -0.3 is 19.5 Å². The molecule has 2 aliphatic rings. The van der Waals surface area contributed by atoms with Crippen LogP contribution in [-0.4, -0.2) is 71.8 Å². The second-order valence-electron chi connectivity index (χ2n) is 6.71. The van der Waals surface area contributed by atoms with Gasteiger partial charge in [-0.2, -0.15) is 4.98 Å². The van der Waals surface area contributed by atoms with E-state index in [-0.39, 0.29) is 12.1 Å². The predicted octanol–water partition coefficient (Wildman–Crippen LogP) is 1.59. The van der Waals surface area contributed by atoms with E-state index in [1.807, 2.05) is 4.90 Å². The van der Waals surface area contributed by atoms with E-state index in [0.29, 0.717) is 24.7 Å². The maximum absolute atomic E-state index is 12.2. The van der Waals surface area contributed by atoms with Crippen molar-refractivity contribution >= 4 is 6.03 Å². The summed E-state index contributed by atoms with van der Waals surface area (Å²) < 4.78 is 10.8. The van der Waals surface area contributed by atoms with E-state index >= 15 is 0 Å². The van der Waals surface area contributed by atoms with E-state index in [1.54, 1.807) is 0 Å². The van der Waals surface area contributed by atoms with Gasteiger partial charge in [0.1, 0.15) is 6.10 Å². The third kappa shape index (κ3) is 5.15. The number of nitrogens with one attached hydrogen (secondary N) is 1. The van der Waals surface area contributed by atoms with E-state index in [4.69, 9.17) is 9.26 Å². The number of amides is 2. The van der Waals surface area contributed by atoms with Gasteiger partial charge in [-0.1, -0.05) is 18.5 Å². The molecule has 0 saturated carbocycles. The molecular weight excluding hydrogens is 322 g/mol. The lowest BCUT2D eigenvalue weighted by atomic mass is 10.2. The van der Waals surface area contributed by atoms with Gasteiger partial charge in [0.2, 0.25) is 0 Å². The van der Waals surface area contributed by atoms with Crippen molar-refractivity contribution in [1.29, 1.82) is 0 Å². The van der Waals surface area contributed by atoms with Gasteiger partial charge >= 0.3 is 6.03 Å². The van der Waals surface area contributed by atoms with Crippen molar-refractivity contribution in [3.05, 3.63) is 11.7 Å². The lowest BCUT2D eigenvalue weighted by molar-refractivity contribution is 0.0835. The smallest absolute Gasteiger partial charge is 0.317 e. The van der Waals surface area contributed by atoms with Crippen LogP contribution in [0.4, 0.5) is 4.79 Å². The van der Waals surface area contributed by atoms with Crippen LogP contribution >= 0.6 is 0 Å². The zero-order valence-corrected chi connectivity index (χ0v) is 15.1. The third-order valence-corrected chi connectivity index (χ3v) is 4.80. The molecule has 25 heavy (non-hydrogen) atoms. The third-order valence-electron chi connectivity index (χ3n) is 4.80. The Morgan fingerprint density at radius 3 is 2.88 bits per heavy atom. The summed E-state index contributed by atoms with van der Waals surface area (Å²) in [6, 6.07) is -0.00186. The normalized spacial score (nSPS) is 21.6. The second-order valence-corrected chi connectivity index (χ2v) is 6.71. The zero-order chi connectivity index (χ0) is 17.5. The minimum atomic E-state index is -0.0557. The van der Waals surface area contributed by atoms with Crippen molar-refractivity contribution in [3.63, 3.8) is 0 Å². The van der Waals surface area contributed by atoms with Gasteiger partial charge in [0.25, 0.3) is 5.89 Å². The fourth-order valence-electron chi connectivity index (χ4n) is 3.22. The van der Waals surface area contributed by atoms with Crippen molar-refractivity contribution < 1.29 is 14.1 Å². The number of carbonyl (C=O) groups excluding carboxylic acids is 1. The van der Waals surface area contributed by atoms with Gasteiger partial charge in [-0.25, -0.2) is 4.79 Å². The van der Waals surface area contributed by atoms with Gasteiger partial charge in [-0.15, -0.1) is 0 Å². The average molecular weight is 351 g/mol. The van der Waals surface area contributed by atoms with Gasteiger partial charge in [0.15, 0.2) is 5.82 Å². The number of ether oxygens (including phenoxy) is 1. The van der Waals surface area contributed by atoms with E-state index in [0.717, 1.165) is 52.2 Å². The summed E-state index contributed by atoms with van der Waals surface area (Å²) in [6.45, 7) is 8.12. The van der Waals surface area contributed by atoms with Gasteiger partial charge in [-0.3, -0.25) is 4.90 Å². The summed E-state index contributed by atoms with van der Waals surface area (Å²) >= 11 is 0. The SMILES string of the molecule is CCCCN1CCN(C(=O)NCCc2noc(C3CCCO3)n2)CC1. The fraction of sp³-hybridized carbons (Fsp3) is 0.824. The molecule has 0 radical (unpaired) electrons. The summed E-state index contributed by atoms with van der Waals surface area (Å²) in [5.41, 5.74) is 0. The minimum absolute atomic E-state index is 0.00186. The molecule has 1 unspecified atom stereocenters. The first-order chi connectivity index (χ1) is 12.3. The quantitative estimate of drug-likeness (QED) is 0.803. The van der Waals surface area contributed by atoms with Crippen molar-refractivity contribution in [2.24, 2.45) is 0 Å². The highest BCUT2D eigenvalue weighted by molar-refractivity contribution is 5.74. The Morgan fingerprint density at radius 2 is 2.16 bits per heavy atom. The lowest BCUT2D eigenvalue weighted by Crippen LogP contribution is -2.52. The Morgan fingerprint density at radius 1 is 1.32 bits per heavy atom. The Balaban J connectivity index is 1.34. The molecule has 3 heterocycles. The zero-order valence-electron chi connectivity index (χ0n) is 15.1. The molecule has 2 saturated heterocycles. The molecule has 8 heteroatoms. The van der Waals surface area contributed by atoms with E-state index in [2.05, 4.69) is 27.3 Å². The number of carbonyl (C=O) groups is 1. The van der Waals surface area contributed by atoms with Gasteiger partial charge in [0.05, 0.1) is 0 Å². The van der Waals surface area contributed by atoms with Crippen LogP contribution in [-0.2, 0) is 11.2 Å². The van der Waals surface area contributed by atoms with E-state index in [1.165, 1.54) is 12.8 Å². The first kappa shape index (κ1) is 18.1. The molecule has 0 aromatic carbocycles. The van der Waals surface area contributed by atoms with Crippen molar-refractivity contribution in [1.82, 2.24) is 25.3 Å². The molecule has 1 atom stereocenters. The first-order valence-corrected chi connectivity index (χ1v) is 9.45. The van der Waals surface area contributed by atoms with Crippen LogP contribution in [0, 0.1) is 0 Å². The molecule has 1 aromatic heterocycles. The summed E-state index contributed by atoms with van der Waals surface area (Å²) in [5, 5.41) is 6.92. The predicted molar refractivity (Wildman–Crippen MR) is 92.2 cm³/mol. The summed E-state index contributed by atoms with van der Waals surface area (Å²) in [6.07, 6.45) is 4.92. The molecule has 0 spiro atoms. The molecule has 0 bridgehead atoms. The standard InChI is InChI=1S/C17H29N5O3/c1-2-3-8-21-9-11-22(12-10-21)17(23)18-7-6-15-19-16(25-20-15)14-5-4-13-24-14/h14H,2-13H2,1H3,(H,18,23). The highest BCUT2D eigenvalue weighted by Crippen LogP contribution is 2.26. The number of aromatic nitrogens is 2. The van der Waals surface area contributed by atoms with E-state index < -0.39 is 0 Å². The Kier molecular flexibility index (Phi) is 6.63. The highest BCUT2D eigenvalue weighted by atomic mass is 16.5. The maximum Gasteiger partial charge on any atom is 0.317 e. The van der Waals surface area contributed by atoms with Crippen LogP contribution in [0.2, 0.25) is 0 Å². The molecular formula is C17H29N5O3. The monoisotopic (exact) mass is 351 g/mol. The fourth-order valence-corrected chi connectivity index (χ4v) is 3.22. The molecule has 8 nitrogen and oxygen atoms in total. The van der Waals surface area contributed by atoms with Crippen molar-refractivity contribution in [3.8, 4) is 0 Å². The number of piperazine rings is 1. The molecule has 2 amide bonds. The average Bonchev–Trinajstić information content (AvgIpc) is 3.31. The molecule has 0 aliphatic carbocycles. The number of unbranched alkanes of at least 4 members (excludes halogenated alkanes) is 1. The molecule has 1 aromatic rings. The lowest BCUT2D eigenvalue weighted by Gasteiger charge is -2.34. The van der Waals surface area contributed by atoms with Gasteiger partial charge in [-0.05, 0) is 25.8 Å². The molecule has 3 rings (SSSR count). The number of urea groups is 1. The second kappa shape index (κ2) is 9.15. The van der Waals surface area contributed by atoms with Crippen LogP contribution in [0.15, 0.2) is 4.52 Å². The van der Waals surface area contributed by atoms with E-state index in [9.17, 15) is 4.79 Å². The number of hydrogen-bond acceptors (Lipinski definition) is 6. The minimum Gasteiger partial charge on any atom is -0.368 e. The van der Waals surface area contributed by atoms with Crippen molar-refractivity contribution in [2.75, 3.05) is 45.9 Å². The van der Waals surface area contributed by atoms with Crippen LogP contribution in [0.5, 0.6) is 0 Å². The number of rotatable bonds is 7. The van der Waals surface area contributed by atoms with Crippen LogP contribution < -0.4 is 5.32 Å². The van der Waals surface area contributed by atoms with Crippen LogP contribution in [0.1, 0.15) is 50.4 Å². The highest BCUT2D eigenvalue weighted by Gasteiger charge is 2.24. The Bertz CT molecular complexity index is 536. The molecule has 140 valence electrons. The molecule has 2 aliphatic heterocycles. The molecule has 1 N–H and O–H groups in total. The Labute approximate surface area is 148 Å². The number of nitrogens with zero attached hydrogens (tertiary/aromatic N) is 4. The van der Waals surface area contributed by atoms with Gasteiger partial charge in [0, 0.05) is 45.8 Å². The summed E-state index contributed by atoms with van der Waals surface area (Å²) in [7, 11) is 0. The molecule has 2 fully saturated rings. The van der Waals surface area contributed by atoms with Crippen LogP contribution in [0.3, 0.4) is 0 Å². The van der Waals surface area contributed by atoms with Crippen molar-refractivity contribution in [2.45, 2.75) is 45.1 Å². The largest absolute Gasteiger partial charge is 0.368 e.